The van der Waals surface area contributed by atoms with Crippen molar-refractivity contribution in [2.24, 2.45) is 0 Å². The zero-order valence-electron chi connectivity index (χ0n) is 15.5. The fourth-order valence-electron chi connectivity index (χ4n) is 2.72. The minimum atomic E-state index is -0.238. The zero-order chi connectivity index (χ0) is 19.2. The van der Waals surface area contributed by atoms with Crippen molar-refractivity contribution in [1.82, 2.24) is 19.7 Å². The van der Waals surface area contributed by atoms with Crippen LogP contribution in [0, 0.1) is 0 Å². The molecule has 1 aromatic heterocycles. The van der Waals surface area contributed by atoms with E-state index in [4.69, 9.17) is 9.47 Å². The Hall–Kier alpha value is -2.42. The summed E-state index contributed by atoms with van der Waals surface area (Å²) in [7, 11) is 1.74. The highest BCUT2D eigenvalue weighted by molar-refractivity contribution is 7.99. The Balaban J connectivity index is 1.51. The van der Waals surface area contributed by atoms with Crippen molar-refractivity contribution in [3.05, 3.63) is 34.7 Å². The van der Waals surface area contributed by atoms with Gasteiger partial charge in [0, 0.05) is 13.6 Å². The van der Waals surface area contributed by atoms with Crippen LogP contribution >= 0.6 is 11.8 Å². The second kappa shape index (κ2) is 8.98. The van der Waals surface area contributed by atoms with Gasteiger partial charge in [0.05, 0.1) is 12.3 Å². The van der Waals surface area contributed by atoms with Crippen molar-refractivity contribution < 1.29 is 14.3 Å². The van der Waals surface area contributed by atoms with Crippen molar-refractivity contribution >= 4 is 17.7 Å². The smallest absolute Gasteiger partial charge is 0.343 e. The molecule has 2 heterocycles. The van der Waals surface area contributed by atoms with Crippen LogP contribution in [0.25, 0.3) is 0 Å². The minimum Gasteiger partial charge on any atom is -0.486 e. The van der Waals surface area contributed by atoms with Crippen LogP contribution in [-0.4, -0.2) is 57.6 Å². The highest BCUT2D eigenvalue weighted by Gasteiger charge is 2.24. The number of aromatic amines is 1. The normalized spacial score (nSPS) is 15.6. The number of benzene rings is 1. The number of carbonyl (C=O) groups excluding carboxylic acids is 1. The number of rotatable bonds is 8. The molecule has 0 bridgehead atoms. The van der Waals surface area contributed by atoms with Crippen LogP contribution in [0.2, 0.25) is 0 Å². The molecule has 3 rings (SSSR count). The van der Waals surface area contributed by atoms with Crippen molar-refractivity contribution in [1.29, 1.82) is 0 Å². The fourth-order valence-corrected chi connectivity index (χ4v) is 3.64. The first-order valence-corrected chi connectivity index (χ1v) is 9.97. The first-order valence-electron chi connectivity index (χ1n) is 8.99. The van der Waals surface area contributed by atoms with E-state index in [1.165, 1.54) is 11.8 Å². The molecule has 1 N–H and O–H groups in total. The summed E-state index contributed by atoms with van der Waals surface area (Å²) < 4.78 is 13.2. The fraction of sp³-hybridized carbons (Fsp3) is 0.500. The average Bonchev–Trinajstić information content (AvgIpc) is 3.03. The molecule has 1 amide bonds. The Kier molecular flexibility index (Phi) is 6.44. The number of thioether (sulfide) groups is 1. The maximum absolute atomic E-state index is 12.5. The van der Waals surface area contributed by atoms with Gasteiger partial charge in [0.2, 0.25) is 5.91 Å². The number of nitrogens with zero attached hydrogens (tertiary/aromatic N) is 3. The summed E-state index contributed by atoms with van der Waals surface area (Å²) in [5.74, 6) is 1.57. The number of fused-ring (bicyclic) bond motifs is 1. The standard InChI is InChI=1S/C18H24N4O4S/c1-3-4-9-22-17(24)19-20-18(22)27-12-16(23)21(2)10-13-11-25-14-7-5-6-8-15(14)26-13/h5-8,13H,3-4,9-12H2,1-2H3,(H,19,24). The molecule has 1 aliphatic heterocycles. The topological polar surface area (TPSA) is 89.4 Å². The van der Waals surface area contributed by atoms with E-state index in [1.807, 2.05) is 24.3 Å². The third-order valence-corrected chi connectivity index (χ3v) is 5.22. The Morgan fingerprint density at radius 2 is 2.19 bits per heavy atom. The van der Waals surface area contributed by atoms with Gasteiger partial charge in [-0.25, -0.2) is 9.89 Å². The number of aromatic nitrogens is 3. The van der Waals surface area contributed by atoms with Crippen LogP contribution in [0.1, 0.15) is 19.8 Å². The molecule has 0 fully saturated rings. The molecular formula is C18H24N4O4S. The molecule has 1 aliphatic rings. The molecule has 1 atom stereocenters. The molecule has 146 valence electrons. The van der Waals surface area contributed by atoms with Crippen molar-refractivity contribution in [3.8, 4) is 11.5 Å². The van der Waals surface area contributed by atoms with Crippen LogP contribution in [0.5, 0.6) is 11.5 Å². The highest BCUT2D eigenvalue weighted by atomic mass is 32.2. The summed E-state index contributed by atoms with van der Waals surface area (Å²) in [4.78, 5) is 25.9. The van der Waals surface area contributed by atoms with E-state index < -0.39 is 0 Å². The number of ether oxygens (including phenoxy) is 2. The van der Waals surface area contributed by atoms with Gasteiger partial charge < -0.3 is 14.4 Å². The maximum atomic E-state index is 12.5. The van der Waals surface area contributed by atoms with Crippen LogP contribution in [0.3, 0.4) is 0 Å². The van der Waals surface area contributed by atoms with E-state index in [-0.39, 0.29) is 23.5 Å². The number of hydrogen-bond donors (Lipinski definition) is 1. The monoisotopic (exact) mass is 392 g/mol. The largest absolute Gasteiger partial charge is 0.486 e. The van der Waals surface area contributed by atoms with Gasteiger partial charge in [-0.3, -0.25) is 9.36 Å². The Labute approximate surface area is 161 Å². The SMILES string of the molecule is CCCCn1c(SCC(=O)N(C)CC2COc3ccccc3O2)n[nH]c1=O. The summed E-state index contributed by atoms with van der Waals surface area (Å²) >= 11 is 1.26. The van der Waals surface area contributed by atoms with E-state index >= 15 is 0 Å². The number of hydrogen-bond acceptors (Lipinski definition) is 6. The molecule has 0 radical (unpaired) electrons. The molecular weight excluding hydrogens is 368 g/mol. The average molecular weight is 392 g/mol. The number of para-hydroxylation sites is 2. The number of carbonyl (C=O) groups is 1. The van der Waals surface area contributed by atoms with E-state index in [2.05, 4.69) is 17.1 Å². The summed E-state index contributed by atoms with van der Waals surface area (Å²) in [6, 6.07) is 7.49. The predicted octanol–water partition coefficient (Wildman–Crippen LogP) is 1.76. The van der Waals surface area contributed by atoms with Gasteiger partial charge in [-0.1, -0.05) is 37.2 Å². The number of likely N-dealkylation sites (N-methyl/N-ethyl adjacent to an activating group) is 1. The minimum absolute atomic E-state index is 0.0556. The number of amides is 1. The quantitative estimate of drug-likeness (QED) is 0.689. The molecule has 0 saturated heterocycles. The lowest BCUT2D eigenvalue weighted by atomic mass is 10.2. The summed E-state index contributed by atoms with van der Waals surface area (Å²) in [6.45, 7) is 3.49. The van der Waals surface area contributed by atoms with Crippen molar-refractivity contribution in [3.63, 3.8) is 0 Å². The van der Waals surface area contributed by atoms with Crippen LogP contribution in [0.4, 0.5) is 0 Å². The third-order valence-electron chi connectivity index (χ3n) is 4.25. The molecule has 1 aromatic carbocycles. The van der Waals surface area contributed by atoms with Gasteiger partial charge in [-0.15, -0.1) is 5.10 Å². The van der Waals surface area contributed by atoms with Gasteiger partial charge in [0.1, 0.15) is 6.61 Å². The zero-order valence-corrected chi connectivity index (χ0v) is 16.3. The molecule has 0 aliphatic carbocycles. The number of unbranched alkanes of at least 4 members (excludes halogenated alkanes) is 1. The van der Waals surface area contributed by atoms with E-state index in [0.717, 1.165) is 18.6 Å². The maximum Gasteiger partial charge on any atom is 0.343 e. The number of H-pyrrole nitrogens is 1. The van der Waals surface area contributed by atoms with Crippen molar-refractivity contribution in [2.75, 3.05) is 26.0 Å². The first kappa shape index (κ1) is 19.3. The molecule has 9 heteroatoms. The van der Waals surface area contributed by atoms with Crippen molar-refractivity contribution in [2.45, 2.75) is 37.6 Å². The van der Waals surface area contributed by atoms with Gasteiger partial charge in [-0.2, -0.15) is 0 Å². The van der Waals surface area contributed by atoms with E-state index in [9.17, 15) is 9.59 Å². The Morgan fingerprint density at radius 1 is 1.41 bits per heavy atom. The second-order valence-corrected chi connectivity index (χ2v) is 7.32. The van der Waals surface area contributed by atoms with Gasteiger partial charge in [-0.05, 0) is 18.6 Å². The van der Waals surface area contributed by atoms with Crippen LogP contribution < -0.4 is 15.2 Å². The van der Waals surface area contributed by atoms with Crippen LogP contribution in [-0.2, 0) is 11.3 Å². The number of nitrogens with one attached hydrogen (secondary N) is 1. The Bertz CT molecular complexity index is 835. The molecule has 2 aromatic rings. The lowest BCUT2D eigenvalue weighted by molar-refractivity contribution is -0.128. The van der Waals surface area contributed by atoms with Gasteiger partial charge >= 0.3 is 5.69 Å². The van der Waals surface area contributed by atoms with E-state index in [1.54, 1.807) is 16.5 Å². The molecule has 1 unspecified atom stereocenters. The van der Waals surface area contributed by atoms with Crippen LogP contribution in [0.15, 0.2) is 34.2 Å². The molecule has 27 heavy (non-hydrogen) atoms. The van der Waals surface area contributed by atoms with Gasteiger partial charge in [0.15, 0.2) is 22.8 Å². The first-order chi connectivity index (χ1) is 13.1. The Morgan fingerprint density at radius 3 is 2.96 bits per heavy atom. The lowest BCUT2D eigenvalue weighted by Crippen LogP contribution is -2.42. The summed E-state index contributed by atoms with van der Waals surface area (Å²) in [6.07, 6.45) is 1.66. The molecule has 0 spiro atoms. The summed E-state index contributed by atoms with van der Waals surface area (Å²) in [5.41, 5.74) is -0.238. The third kappa shape index (κ3) is 4.85. The molecule has 0 saturated carbocycles. The van der Waals surface area contributed by atoms with E-state index in [0.29, 0.717) is 30.6 Å². The highest BCUT2D eigenvalue weighted by Crippen LogP contribution is 2.31. The summed E-state index contributed by atoms with van der Waals surface area (Å²) in [5, 5.41) is 7.01. The van der Waals surface area contributed by atoms with Gasteiger partial charge in [0.25, 0.3) is 0 Å². The predicted molar refractivity (Wildman–Crippen MR) is 102 cm³/mol. The molecule has 8 nitrogen and oxygen atoms in total. The second-order valence-electron chi connectivity index (χ2n) is 6.38. The lowest BCUT2D eigenvalue weighted by Gasteiger charge is -2.29.